The Hall–Kier alpha value is -1.07. The molecule has 6 heteroatoms. The first-order valence-electron chi connectivity index (χ1n) is 5.06. The highest BCUT2D eigenvalue weighted by Crippen LogP contribution is 2.21. The molecule has 1 rings (SSSR count). The summed E-state index contributed by atoms with van der Waals surface area (Å²) in [4.78, 5) is 11.9. The van der Waals surface area contributed by atoms with Gasteiger partial charge in [-0.15, -0.1) is 0 Å². The topological polar surface area (TPSA) is 72.2 Å². The van der Waals surface area contributed by atoms with Crippen LogP contribution in [-0.2, 0) is 10.8 Å². The number of amides is 1. The minimum absolute atomic E-state index is 0.191. The van der Waals surface area contributed by atoms with Crippen LogP contribution in [0, 0.1) is 0 Å². The van der Waals surface area contributed by atoms with Gasteiger partial charge in [0.25, 0.3) is 5.91 Å². The number of carbonyl (C=O) groups is 1. The van der Waals surface area contributed by atoms with E-state index in [-0.39, 0.29) is 17.5 Å². The second-order valence-electron chi connectivity index (χ2n) is 3.82. The Balaban J connectivity index is 2.80. The minimum Gasteiger partial charge on any atom is -0.398 e. The van der Waals surface area contributed by atoms with Crippen LogP contribution in [0.4, 0.5) is 5.69 Å². The van der Waals surface area contributed by atoms with Gasteiger partial charge in [0.05, 0.1) is 10.6 Å². The van der Waals surface area contributed by atoms with Crippen LogP contribution in [0.5, 0.6) is 0 Å². The zero-order valence-corrected chi connectivity index (χ0v) is 11.3. The van der Waals surface area contributed by atoms with E-state index in [4.69, 9.17) is 17.3 Å². The number of anilines is 1. The summed E-state index contributed by atoms with van der Waals surface area (Å²) in [6.07, 6.45) is 1.59. The van der Waals surface area contributed by atoms with Crippen molar-refractivity contribution in [2.24, 2.45) is 0 Å². The zero-order valence-electron chi connectivity index (χ0n) is 9.70. The summed E-state index contributed by atoms with van der Waals surface area (Å²) in [6, 6.07) is 4.71. The summed E-state index contributed by atoms with van der Waals surface area (Å²) < 4.78 is 11.0. The number of hydrogen-bond acceptors (Lipinski definition) is 3. The highest BCUT2D eigenvalue weighted by Gasteiger charge is 2.16. The molecule has 2 unspecified atom stereocenters. The summed E-state index contributed by atoms with van der Waals surface area (Å²) in [5, 5.41) is 3.03. The van der Waals surface area contributed by atoms with Gasteiger partial charge in [0.15, 0.2) is 0 Å². The van der Waals surface area contributed by atoms with E-state index < -0.39 is 10.8 Å². The van der Waals surface area contributed by atoms with Crippen LogP contribution >= 0.6 is 11.6 Å². The molecule has 1 aromatic carbocycles. The van der Waals surface area contributed by atoms with Crippen LogP contribution in [0.15, 0.2) is 18.2 Å². The van der Waals surface area contributed by atoms with Gasteiger partial charge in [-0.2, -0.15) is 0 Å². The second-order valence-corrected chi connectivity index (χ2v) is 5.71. The van der Waals surface area contributed by atoms with Crippen LogP contribution in [0.2, 0.25) is 5.02 Å². The summed E-state index contributed by atoms with van der Waals surface area (Å²) in [5.74, 6) is 0.0573. The van der Waals surface area contributed by atoms with E-state index >= 15 is 0 Å². The molecule has 0 spiro atoms. The van der Waals surface area contributed by atoms with E-state index in [0.717, 1.165) is 0 Å². The average molecular weight is 275 g/mol. The van der Waals surface area contributed by atoms with E-state index in [0.29, 0.717) is 16.5 Å². The number of nitrogens with two attached hydrogens (primary N) is 1. The highest BCUT2D eigenvalue weighted by atomic mass is 35.5. The van der Waals surface area contributed by atoms with Crippen molar-refractivity contribution in [3.8, 4) is 0 Å². The number of carbonyl (C=O) groups excluding carboxylic acids is 1. The van der Waals surface area contributed by atoms with E-state index in [2.05, 4.69) is 5.32 Å². The molecule has 0 aromatic heterocycles. The Kier molecular flexibility index (Phi) is 4.96. The monoisotopic (exact) mass is 274 g/mol. The molecule has 0 radical (unpaired) electrons. The van der Waals surface area contributed by atoms with Crippen molar-refractivity contribution < 1.29 is 9.00 Å². The van der Waals surface area contributed by atoms with Gasteiger partial charge >= 0.3 is 0 Å². The lowest BCUT2D eigenvalue weighted by Crippen LogP contribution is -2.36. The van der Waals surface area contributed by atoms with Gasteiger partial charge in [-0.25, -0.2) is 0 Å². The van der Waals surface area contributed by atoms with Gasteiger partial charge in [0, 0.05) is 34.5 Å². The first-order valence-corrected chi connectivity index (χ1v) is 7.17. The zero-order chi connectivity index (χ0) is 13.0. The number of nitrogen functional groups attached to an aromatic ring is 1. The number of nitrogens with one attached hydrogen (secondary N) is 1. The third kappa shape index (κ3) is 4.02. The van der Waals surface area contributed by atoms with Gasteiger partial charge in [-0.3, -0.25) is 9.00 Å². The molecule has 4 nitrogen and oxygen atoms in total. The Morgan fingerprint density at radius 3 is 2.76 bits per heavy atom. The molecule has 0 saturated carbocycles. The molecule has 2 atom stereocenters. The van der Waals surface area contributed by atoms with Crippen molar-refractivity contribution in [1.82, 2.24) is 5.32 Å². The van der Waals surface area contributed by atoms with Gasteiger partial charge in [0.1, 0.15) is 0 Å². The van der Waals surface area contributed by atoms with Crippen LogP contribution in [0.3, 0.4) is 0 Å². The standard InChI is InChI=1S/C11H15ClN2O2S/c1-7(6-17(2)16)14-11(15)10-8(12)4-3-5-9(10)13/h3-5,7H,6,13H2,1-2H3,(H,14,15). The Morgan fingerprint density at radius 1 is 1.59 bits per heavy atom. The number of hydrogen-bond donors (Lipinski definition) is 2. The van der Waals surface area contributed by atoms with E-state index in [1.807, 2.05) is 0 Å². The van der Waals surface area contributed by atoms with Crippen molar-refractivity contribution in [3.63, 3.8) is 0 Å². The first kappa shape index (κ1) is 14.0. The Bertz CT molecular complexity index is 431. The van der Waals surface area contributed by atoms with Gasteiger partial charge < -0.3 is 11.1 Å². The molecule has 0 aliphatic heterocycles. The molecule has 17 heavy (non-hydrogen) atoms. The second kappa shape index (κ2) is 6.02. The van der Waals surface area contributed by atoms with Gasteiger partial charge in [-0.1, -0.05) is 17.7 Å². The maximum Gasteiger partial charge on any atom is 0.255 e. The predicted octanol–water partition coefficient (Wildman–Crippen LogP) is 1.42. The molecule has 0 aliphatic rings. The molecular formula is C11H15ClN2O2S. The fourth-order valence-electron chi connectivity index (χ4n) is 1.47. The number of halogens is 1. The van der Waals surface area contributed by atoms with Crippen molar-refractivity contribution >= 4 is 34.0 Å². The number of benzene rings is 1. The Morgan fingerprint density at radius 2 is 2.24 bits per heavy atom. The van der Waals surface area contributed by atoms with E-state index in [1.165, 1.54) is 0 Å². The minimum atomic E-state index is -0.958. The molecule has 0 heterocycles. The predicted molar refractivity (Wildman–Crippen MR) is 71.7 cm³/mol. The molecule has 0 aliphatic carbocycles. The van der Waals surface area contributed by atoms with Crippen molar-refractivity contribution in [3.05, 3.63) is 28.8 Å². The maximum atomic E-state index is 11.9. The summed E-state index contributed by atoms with van der Waals surface area (Å²) in [6.45, 7) is 1.78. The normalized spacial score (nSPS) is 14.1. The molecule has 94 valence electrons. The van der Waals surface area contributed by atoms with Crippen LogP contribution < -0.4 is 11.1 Å². The lowest BCUT2D eigenvalue weighted by Gasteiger charge is -2.14. The fraction of sp³-hybridized carbons (Fsp3) is 0.364. The maximum absolute atomic E-state index is 11.9. The Labute approximate surface area is 108 Å². The SMILES string of the molecule is CC(CS(C)=O)NC(=O)c1c(N)cccc1Cl. The molecule has 0 bridgehead atoms. The van der Waals surface area contributed by atoms with Crippen molar-refractivity contribution in [2.45, 2.75) is 13.0 Å². The summed E-state index contributed by atoms with van der Waals surface area (Å²) in [5.41, 5.74) is 6.29. The molecule has 1 aromatic rings. The quantitative estimate of drug-likeness (QED) is 0.816. The highest BCUT2D eigenvalue weighted by molar-refractivity contribution is 7.84. The smallest absolute Gasteiger partial charge is 0.255 e. The molecule has 0 saturated heterocycles. The molecule has 3 N–H and O–H groups in total. The van der Waals surface area contributed by atoms with Crippen molar-refractivity contribution in [2.75, 3.05) is 17.7 Å². The number of rotatable bonds is 4. The third-order valence-corrected chi connectivity index (χ3v) is 3.42. The third-order valence-electron chi connectivity index (χ3n) is 2.14. The van der Waals surface area contributed by atoms with Crippen LogP contribution in [-0.4, -0.2) is 28.2 Å². The summed E-state index contributed by atoms with van der Waals surface area (Å²) >= 11 is 5.91. The molecule has 1 amide bonds. The lowest BCUT2D eigenvalue weighted by atomic mass is 10.1. The largest absolute Gasteiger partial charge is 0.398 e. The van der Waals surface area contributed by atoms with E-state index in [9.17, 15) is 9.00 Å². The van der Waals surface area contributed by atoms with Crippen molar-refractivity contribution in [1.29, 1.82) is 0 Å². The van der Waals surface area contributed by atoms with Gasteiger partial charge in [0.2, 0.25) is 0 Å². The fourth-order valence-corrected chi connectivity index (χ4v) is 2.53. The molecular weight excluding hydrogens is 260 g/mol. The van der Waals surface area contributed by atoms with Crippen LogP contribution in [0.25, 0.3) is 0 Å². The van der Waals surface area contributed by atoms with E-state index in [1.54, 1.807) is 31.4 Å². The average Bonchev–Trinajstić information content (AvgIpc) is 2.15. The molecule has 0 fully saturated rings. The van der Waals surface area contributed by atoms with Gasteiger partial charge in [-0.05, 0) is 19.1 Å². The lowest BCUT2D eigenvalue weighted by molar-refractivity contribution is 0.0945. The first-order chi connectivity index (χ1) is 7.91. The summed E-state index contributed by atoms with van der Waals surface area (Å²) in [7, 11) is -0.958. The van der Waals surface area contributed by atoms with Crippen LogP contribution in [0.1, 0.15) is 17.3 Å².